The van der Waals surface area contributed by atoms with Gasteiger partial charge >= 0.3 is 0 Å². The van der Waals surface area contributed by atoms with Gasteiger partial charge in [-0.15, -0.1) is 24.0 Å². The van der Waals surface area contributed by atoms with Crippen LogP contribution in [0.3, 0.4) is 0 Å². The molecule has 2 N–H and O–H groups in total. The molecule has 19 heavy (non-hydrogen) atoms. The van der Waals surface area contributed by atoms with Crippen molar-refractivity contribution in [2.45, 2.75) is 65.2 Å². The normalized spacial score (nSPS) is 30.1. The third-order valence-electron chi connectivity index (χ3n) is 3.48. The summed E-state index contributed by atoms with van der Waals surface area (Å²) in [6.07, 6.45) is 4.44. The number of guanidine groups is 1. The monoisotopic (exact) mass is 381 g/mol. The number of halogens is 1. The summed E-state index contributed by atoms with van der Waals surface area (Å²) in [5.74, 6) is 0.938. The summed E-state index contributed by atoms with van der Waals surface area (Å²) in [7, 11) is 0. The van der Waals surface area contributed by atoms with E-state index in [-0.39, 0.29) is 29.4 Å². The van der Waals surface area contributed by atoms with E-state index in [0.29, 0.717) is 18.2 Å². The van der Waals surface area contributed by atoms with Crippen LogP contribution < -0.4 is 10.6 Å². The fraction of sp³-hybridized carbons (Fsp3) is 0.929. The van der Waals surface area contributed by atoms with Crippen LogP contribution in [-0.2, 0) is 4.74 Å². The molecule has 2 aliphatic heterocycles. The summed E-state index contributed by atoms with van der Waals surface area (Å²) in [5, 5.41) is 6.86. The van der Waals surface area contributed by atoms with Crippen molar-refractivity contribution in [2.24, 2.45) is 10.4 Å². The van der Waals surface area contributed by atoms with Gasteiger partial charge in [-0.2, -0.15) is 0 Å². The van der Waals surface area contributed by atoms with Crippen LogP contribution in [0.4, 0.5) is 0 Å². The molecule has 2 aliphatic rings. The molecule has 0 radical (unpaired) electrons. The Morgan fingerprint density at radius 3 is 2.53 bits per heavy atom. The molecule has 0 amide bonds. The van der Waals surface area contributed by atoms with Gasteiger partial charge in [0.25, 0.3) is 0 Å². The molecule has 2 rings (SSSR count). The lowest BCUT2D eigenvalue weighted by Crippen LogP contribution is -2.47. The minimum Gasteiger partial charge on any atom is -0.373 e. The highest BCUT2D eigenvalue weighted by Gasteiger charge is 2.41. The molecular weight excluding hydrogens is 353 g/mol. The van der Waals surface area contributed by atoms with Crippen LogP contribution in [0, 0.1) is 5.41 Å². The van der Waals surface area contributed by atoms with Gasteiger partial charge in [0.05, 0.1) is 18.2 Å². The van der Waals surface area contributed by atoms with Crippen molar-refractivity contribution in [3.8, 4) is 0 Å². The van der Waals surface area contributed by atoms with Crippen LogP contribution in [0.1, 0.15) is 47.0 Å². The molecular formula is C14H28IN3O. The smallest absolute Gasteiger partial charge is 0.191 e. The van der Waals surface area contributed by atoms with E-state index < -0.39 is 0 Å². The minimum absolute atomic E-state index is 0. The van der Waals surface area contributed by atoms with Crippen molar-refractivity contribution >= 4 is 29.9 Å². The van der Waals surface area contributed by atoms with Gasteiger partial charge in [0.15, 0.2) is 5.96 Å². The summed E-state index contributed by atoms with van der Waals surface area (Å²) < 4.78 is 5.86. The number of nitrogens with zero attached hydrogens (tertiary/aromatic N) is 1. The second kappa shape index (κ2) is 7.11. The van der Waals surface area contributed by atoms with E-state index in [1.807, 2.05) is 0 Å². The summed E-state index contributed by atoms with van der Waals surface area (Å²) in [6, 6.07) is 0.446. The van der Waals surface area contributed by atoms with Gasteiger partial charge in [-0.25, -0.2) is 0 Å². The van der Waals surface area contributed by atoms with Crippen LogP contribution >= 0.6 is 24.0 Å². The zero-order valence-corrected chi connectivity index (χ0v) is 14.9. The first kappa shape index (κ1) is 17.0. The molecule has 2 saturated heterocycles. The Morgan fingerprint density at radius 2 is 2.05 bits per heavy atom. The molecule has 0 aromatic rings. The van der Waals surface area contributed by atoms with Crippen molar-refractivity contribution in [1.29, 1.82) is 0 Å². The van der Waals surface area contributed by atoms with E-state index >= 15 is 0 Å². The number of aliphatic imine (C=N–C) groups is 1. The Hall–Kier alpha value is -0.0400. The quantitative estimate of drug-likeness (QED) is 0.449. The maximum Gasteiger partial charge on any atom is 0.191 e. The largest absolute Gasteiger partial charge is 0.373 e. The van der Waals surface area contributed by atoms with Gasteiger partial charge in [-0.05, 0) is 31.6 Å². The number of nitrogens with one attached hydrogen (secondary N) is 2. The maximum atomic E-state index is 5.86. The van der Waals surface area contributed by atoms with Gasteiger partial charge in [0.1, 0.15) is 0 Å². The zero-order valence-electron chi connectivity index (χ0n) is 12.5. The van der Waals surface area contributed by atoms with Crippen LogP contribution in [0.25, 0.3) is 0 Å². The molecule has 2 heterocycles. The Balaban J connectivity index is 0.00000180. The first-order valence-electron chi connectivity index (χ1n) is 7.18. The predicted molar refractivity (Wildman–Crippen MR) is 90.3 cm³/mol. The number of hydrogen-bond acceptors (Lipinski definition) is 2. The zero-order chi connectivity index (χ0) is 13.2. The first-order valence-corrected chi connectivity index (χ1v) is 7.18. The van der Waals surface area contributed by atoms with Crippen LogP contribution in [0.15, 0.2) is 4.99 Å². The van der Waals surface area contributed by atoms with Crippen molar-refractivity contribution in [1.82, 2.24) is 10.6 Å². The summed E-state index contributed by atoms with van der Waals surface area (Å²) in [6.45, 7) is 10.5. The molecule has 0 aromatic carbocycles. The summed E-state index contributed by atoms with van der Waals surface area (Å²) in [4.78, 5) is 4.67. The average molecular weight is 381 g/mol. The molecule has 112 valence electrons. The maximum absolute atomic E-state index is 5.86. The second-order valence-electron chi connectivity index (χ2n) is 6.62. The molecule has 2 bridgehead atoms. The predicted octanol–water partition coefficient (Wildman–Crippen LogP) is 2.53. The number of ether oxygens (including phenoxy) is 1. The first-order chi connectivity index (χ1) is 8.48. The number of rotatable bonds is 3. The molecule has 3 unspecified atom stereocenters. The molecule has 0 saturated carbocycles. The van der Waals surface area contributed by atoms with E-state index in [1.54, 1.807) is 0 Å². The van der Waals surface area contributed by atoms with Crippen molar-refractivity contribution in [2.75, 3.05) is 13.1 Å². The van der Waals surface area contributed by atoms with E-state index in [1.165, 1.54) is 12.8 Å². The van der Waals surface area contributed by atoms with Gasteiger partial charge in [-0.3, -0.25) is 4.99 Å². The van der Waals surface area contributed by atoms with Gasteiger partial charge in [-0.1, -0.05) is 20.8 Å². The fourth-order valence-electron chi connectivity index (χ4n) is 2.60. The summed E-state index contributed by atoms with van der Waals surface area (Å²) >= 11 is 0. The van der Waals surface area contributed by atoms with E-state index in [9.17, 15) is 0 Å². The van der Waals surface area contributed by atoms with Crippen LogP contribution in [0.5, 0.6) is 0 Å². The lowest BCUT2D eigenvalue weighted by Gasteiger charge is -2.23. The summed E-state index contributed by atoms with van der Waals surface area (Å²) in [5.41, 5.74) is 0.230. The highest BCUT2D eigenvalue weighted by molar-refractivity contribution is 14.0. The number of hydrogen-bond donors (Lipinski definition) is 2. The average Bonchev–Trinajstić information content (AvgIpc) is 2.87. The molecule has 4 nitrogen and oxygen atoms in total. The Morgan fingerprint density at radius 1 is 1.32 bits per heavy atom. The highest BCUT2D eigenvalue weighted by atomic mass is 127. The fourth-order valence-corrected chi connectivity index (χ4v) is 2.60. The number of fused-ring (bicyclic) bond motifs is 2. The molecule has 2 fully saturated rings. The molecule has 3 atom stereocenters. The van der Waals surface area contributed by atoms with Gasteiger partial charge in [0, 0.05) is 13.1 Å². The Bertz CT molecular complexity index is 314. The van der Waals surface area contributed by atoms with Crippen LogP contribution in [-0.4, -0.2) is 37.3 Å². The molecule has 0 aromatic heterocycles. The second-order valence-corrected chi connectivity index (χ2v) is 6.62. The lowest BCUT2D eigenvalue weighted by atomic mass is 9.95. The van der Waals surface area contributed by atoms with E-state index in [2.05, 4.69) is 43.3 Å². The Kier molecular flexibility index (Phi) is 6.36. The molecule has 5 heteroatoms. The van der Waals surface area contributed by atoms with Crippen LogP contribution in [0.2, 0.25) is 0 Å². The minimum atomic E-state index is 0. The van der Waals surface area contributed by atoms with E-state index in [0.717, 1.165) is 25.5 Å². The SMILES string of the molecule is CCNC(=NCC(C)(C)C)NC1CC2CCC1O2.I. The van der Waals surface area contributed by atoms with Crippen molar-refractivity contribution in [3.05, 3.63) is 0 Å². The van der Waals surface area contributed by atoms with Crippen molar-refractivity contribution in [3.63, 3.8) is 0 Å². The van der Waals surface area contributed by atoms with Gasteiger partial charge < -0.3 is 15.4 Å². The van der Waals surface area contributed by atoms with Crippen molar-refractivity contribution < 1.29 is 4.74 Å². The third-order valence-corrected chi connectivity index (χ3v) is 3.48. The Labute approximate surface area is 134 Å². The van der Waals surface area contributed by atoms with Gasteiger partial charge in [0.2, 0.25) is 0 Å². The van der Waals surface area contributed by atoms with E-state index in [4.69, 9.17) is 4.74 Å². The molecule has 0 spiro atoms. The lowest BCUT2D eigenvalue weighted by molar-refractivity contribution is 0.0992. The standard InChI is InChI=1S/C14H27N3O.HI/c1-5-15-13(16-9-14(2,3)4)17-11-8-10-6-7-12(11)18-10;/h10-12H,5-9H2,1-4H3,(H2,15,16,17);1H. The molecule has 0 aliphatic carbocycles. The highest BCUT2D eigenvalue weighted by Crippen LogP contribution is 2.34. The third kappa shape index (κ3) is 5.10. The topological polar surface area (TPSA) is 45.7 Å².